The summed E-state index contributed by atoms with van der Waals surface area (Å²) in [4.78, 5) is 16.7. The molecule has 0 saturated carbocycles. The fourth-order valence-corrected chi connectivity index (χ4v) is 7.82. The van der Waals surface area contributed by atoms with Crippen LogP contribution < -0.4 is 0 Å². The minimum absolute atomic E-state index is 0.140. The summed E-state index contributed by atoms with van der Waals surface area (Å²) in [7, 11) is 0. The summed E-state index contributed by atoms with van der Waals surface area (Å²) in [5.74, 6) is -2.91. The Morgan fingerprint density at radius 2 is 0.850 bits per heavy atom. The number of benzene rings is 5. The van der Waals surface area contributed by atoms with Crippen LogP contribution in [0.3, 0.4) is 0 Å². The molecule has 0 bridgehead atoms. The first-order chi connectivity index (χ1) is 28.6. The Balaban J connectivity index is 1.19. The highest BCUT2D eigenvalue weighted by Crippen LogP contribution is 2.50. The van der Waals surface area contributed by atoms with Gasteiger partial charge < -0.3 is 0 Å². The van der Waals surface area contributed by atoms with E-state index >= 15 is 0 Å². The molecule has 2 aromatic heterocycles. The van der Waals surface area contributed by atoms with Gasteiger partial charge in [0.1, 0.15) is 11.6 Å². The van der Waals surface area contributed by atoms with Gasteiger partial charge in [0, 0.05) is 33.0 Å². The van der Waals surface area contributed by atoms with E-state index in [4.69, 9.17) is 23.1 Å². The average Bonchev–Trinajstić information content (AvgIpc) is 3.69. The van der Waals surface area contributed by atoms with E-state index in [9.17, 15) is 45.6 Å². The van der Waals surface area contributed by atoms with Crippen LogP contribution >= 0.6 is 0 Å². The van der Waals surface area contributed by atoms with Crippen molar-refractivity contribution in [3.05, 3.63) is 177 Å². The summed E-state index contributed by atoms with van der Waals surface area (Å²) in [6.07, 6.45) is -9.78. The number of fused-ring (bicyclic) bond motifs is 8. The number of hydrogen-bond acceptors (Lipinski definition) is 4. The molecule has 0 saturated heterocycles. The standard InChI is InChI=1S/C46H16F8N6/c1-57-39(19-55)41-29-11-21(23-5-9-33(35(47)15-23)45(49,50)51)3-7-27(29)31-13-25-18-38-26(17-37(25)59-43(31)41)14-32-28-8-4-22(24-6-10-34(36(48)16-24)46(52,53)54)12-30(28)42(44(32)60-38)40(20-56)58-2/h3-18H/b41-39-,42-40+. The fraction of sp³-hybridized carbons (Fsp3) is 0.0435. The zero-order valence-corrected chi connectivity index (χ0v) is 29.9. The lowest BCUT2D eigenvalue weighted by atomic mass is 9.96. The van der Waals surface area contributed by atoms with Crippen LogP contribution in [-0.2, 0) is 12.4 Å². The van der Waals surface area contributed by atoms with Crippen molar-refractivity contribution >= 4 is 33.0 Å². The van der Waals surface area contributed by atoms with Crippen molar-refractivity contribution in [3.63, 3.8) is 0 Å². The summed E-state index contributed by atoms with van der Waals surface area (Å²) in [6.45, 7) is 15.5. The van der Waals surface area contributed by atoms with E-state index in [0.717, 1.165) is 24.3 Å². The molecular weight excluding hydrogens is 789 g/mol. The smallest absolute Gasteiger partial charge is 0.248 e. The molecule has 0 N–H and O–H groups in total. The summed E-state index contributed by atoms with van der Waals surface area (Å²) in [5.41, 5.74) is 2.37. The van der Waals surface area contributed by atoms with Gasteiger partial charge >= 0.3 is 12.4 Å². The Labute approximate surface area is 333 Å². The van der Waals surface area contributed by atoms with Gasteiger partial charge in [-0.25, -0.2) is 39.0 Å². The van der Waals surface area contributed by atoms with Crippen molar-refractivity contribution in [1.29, 1.82) is 10.5 Å². The SMILES string of the molecule is [C-]#[N+]/C(C#N)=C1/c2cc(-c3ccc(C(F)(F)F)c(F)c3)ccc2-c2cc3cc4nc5c(cc4cc3nc21)-c1ccc(-c2ccc(C(F)(F)F)c(F)c2)cc1/C5=C(/C#N)[N+]#[C-]. The first kappa shape index (κ1) is 37.4. The number of hydrogen-bond donors (Lipinski definition) is 0. The van der Waals surface area contributed by atoms with E-state index in [2.05, 4.69) is 9.69 Å². The first-order valence-electron chi connectivity index (χ1n) is 17.5. The van der Waals surface area contributed by atoms with E-state index in [1.165, 1.54) is 0 Å². The predicted molar refractivity (Wildman–Crippen MR) is 205 cm³/mol. The summed E-state index contributed by atoms with van der Waals surface area (Å²) >= 11 is 0. The number of rotatable bonds is 2. The summed E-state index contributed by atoms with van der Waals surface area (Å²) < 4.78 is 109. The number of allylic oxidation sites excluding steroid dienone is 2. The third-order valence-electron chi connectivity index (χ3n) is 10.5. The molecule has 0 spiro atoms. The number of alkyl halides is 6. The Kier molecular flexibility index (Phi) is 8.21. The maximum atomic E-state index is 14.6. The minimum atomic E-state index is -4.89. The number of nitriles is 2. The van der Waals surface area contributed by atoms with Crippen molar-refractivity contribution in [2.75, 3.05) is 0 Å². The van der Waals surface area contributed by atoms with Gasteiger partial charge in [-0.3, -0.25) is 0 Å². The van der Waals surface area contributed by atoms with Gasteiger partial charge in [0.2, 0.25) is 0 Å². The van der Waals surface area contributed by atoms with E-state index in [0.29, 0.717) is 89.8 Å². The highest BCUT2D eigenvalue weighted by atomic mass is 19.4. The van der Waals surface area contributed by atoms with Crippen molar-refractivity contribution in [1.82, 2.24) is 9.97 Å². The number of pyridine rings is 2. The molecule has 2 aliphatic rings. The topological polar surface area (TPSA) is 82.1 Å². The highest BCUT2D eigenvalue weighted by Gasteiger charge is 2.36. The van der Waals surface area contributed by atoms with E-state index in [1.807, 2.05) is 12.1 Å². The van der Waals surface area contributed by atoms with E-state index in [-0.39, 0.29) is 33.7 Å². The zero-order valence-electron chi connectivity index (χ0n) is 29.9. The average molecular weight is 805 g/mol. The van der Waals surface area contributed by atoms with E-state index < -0.39 is 35.1 Å². The van der Waals surface area contributed by atoms with Crippen molar-refractivity contribution in [2.24, 2.45) is 0 Å². The van der Waals surface area contributed by atoms with Crippen LogP contribution in [0, 0.1) is 47.4 Å². The lowest BCUT2D eigenvalue weighted by Crippen LogP contribution is -2.07. The molecule has 5 aromatic carbocycles. The van der Waals surface area contributed by atoms with Gasteiger partial charge in [0.15, 0.2) is 0 Å². The maximum Gasteiger partial charge on any atom is 0.419 e. The third-order valence-corrected chi connectivity index (χ3v) is 10.5. The van der Waals surface area contributed by atoms with Gasteiger partial charge in [0.25, 0.3) is 11.4 Å². The monoisotopic (exact) mass is 804 g/mol. The molecule has 0 aliphatic heterocycles. The van der Waals surface area contributed by atoms with Crippen LogP contribution in [0.5, 0.6) is 0 Å². The maximum absolute atomic E-state index is 14.6. The second-order valence-corrected chi connectivity index (χ2v) is 13.8. The predicted octanol–water partition coefficient (Wildman–Crippen LogP) is 12.8. The quantitative estimate of drug-likeness (QED) is 0.0754. The fourth-order valence-electron chi connectivity index (χ4n) is 7.82. The molecule has 6 nitrogen and oxygen atoms in total. The van der Waals surface area contributed by atoms with Gasteiger partial charge in [-0.2, -0.15) is 26.3 Å². The lowest BCUT2D eigenvalue weighted by molar-refractivity contribution is -0.140. The van der Waals surface area contributed by atoms with Crippen molar-refractivity contribution < 1.29 is 35.1 Å². The molecule has 7 aromatic rings. The van der Waals surface area contributed by atoms with Crippen molar-refractivity contribution in [2.45, 2.75) is 12.4 Å². The van der Waals surface area contributed by atoms with Crippen LogP contribution in [0.25, 0.3) is 87.1 Å². The second kappa shape index (κ2) is 13.2. The summed E-state index contributed by atoms with van der Waals surface area (Å²) in [6, 6.07) is 25.6. The van der Waals surface area contributed by atoms with Crippen LogP contribution in [0.1, 0.15) is 33.6 Å². The molecule has 0 radical (unpaired) electrons. The Hall–Kier alpha value is -8.20. The van der Waals surface area contributed by atoms with Gasteiger partial charge in [0.05, 0.1) is 58.8 Å². The van der Waals surface area contributed by atoms with Crippen LogP contribution in [0.4, 0.5) is 35.1 Å². The number of nitrogens with zero attached hydrogens (tertiary/aromatic N) is 6. The number of aromatic nitrogens is 2. The van der Waals surface area contributed by atoms with Gasteiger partial charge in [-0.1, -0.05) is 36.4 Å². The minimum Gasteiger partial charge on any atom is -0.248 e. The Bertz CT molecular complexity index is 3110. The second-order valence-electron chi connectivity index (χ2n) is 13.8. The molecule has 2 heterocycles. The number of halogens is 8. The largest absolute Gasteiger partial charge is 0.419 e. The van der Waals surface area contributed by atoms with E-state index in [1.54, 1.807) is 60.7 Å². The Morgan fingerprint density at radius 1 is 0.483 bits per heavy atom. The lowest BCUT2D eigenvalue weighted by Gasteiger charge is -2.11. The van der Waals surface area contributed by atoms with Crippen LogP contribution in [0.15, 0.2) is 108 Å². The molecule has 2 aliphatic carbocycles. The molecule has 0 unspecified atom stereocenters. The highest BCUT2D eigenvalue weighted by molar-refractivity contribution is 6.10. The zero-order chi connectivity index (χ0) is 42.4. The summed E-state index contributed by atoms with van der Waals surface area (Å²) in [5, 5.41) is 21.2. The molecular formula is C46H16F8N6. The molecule has 9 rings (SSSR count). The normalized spacial score (nSPS) is 14.3. The van der Waals surface area contributed by atoms with Gasteiger partial charge in [-0.15, -0.1) is 0 Å². The molecule has 286 valence electrons. The Morgan fingerprint density at radius 3 is 1.18 bits per heavy atom. The molecule has 0 atom stereocenters. The molecule has 60 heavy (non-hydrogen) atoms. The third kappa shape index (κ3) is 5.74. The van der Waals surface area contributed by atoms with Crippen LogP contribution in [-0.4, -0.2) is 9.97 Å². The van der Waals surface area contributed by atoms with Crippen LogP contribution in [0.2, 0.25) is 0 Å². The van der Waals surface area contributed by atoms with Crippen molar-refractivity contribution in [3.8, 4) is 56.6 Å². The van der Waals surface area contributed by atoms with Gasteiger partial charge in [-0.05, 0) is 105 Å². The molecule has 0 fully saturated rings. The molecule has 0 amide bonds. The first-order valence-corrected chi connectivity index (χ1v) is 17.5. The molecule has 14 heteroatoms.